The molecule has 0 radical (unpaired) electrons. The van der Waals surface area contributed by atoms with Gasteiger partial charge in [0.1, 0.15) is 6.04 Å². The molecule has 1 aromatic carbocycles. The number of carbonyl (C=O) groups excluding carboxylic acids is 1. The van der Waals surface area contributed by atoms with Crippen molar-refractivity contribution in [3.63, 3.8) is 0 Å². The maximum atomic E-state index is 12.6. The predicted octanol–water partition coefficient (Wildman–Crippen LogP) is 2.57. The molecule has 1 aromatic rings. The Kier molecular flexibility index (Phi) is 6.45. The van der Waals surface area contributed by atoms with Crippen molar-refractivity contribution in [2.24, 2.45) is 5.73 Å². The predicted molar refractivity (Wildman–Crippen MR) is 97.3 cm³/mol. The number of rotatable bonds is 5. The fourth-order valence-electron chi connectivity index (χ4n) is 3.54. The molecule has 2 aliphatic rings. The van der Waals surface area contributed by atoms with Crippen LogP contribution < -0.4 is 5.73 Å². The number of nitrogens with zero attached hydrogens (tertiary/aromatic N) is 1. The highest BCUT2D eigenvalue weighted by molar-refractivity contribution is 5.83. The maximum absolute atomic E-state index is 12.6. The number of nitrogens with two attached hydrogens (primary N) is 1. The largest absolute Gasteiger partial charge is 0.376 e. The molecule has 138 valence electrons. The van der Waals surface area contributed by atoms with Crippen LogP contribution >= 0.6 is 0 Å². The van der Waals surface area contributed by atoms with Gasteiger partial charge in [-0.3, -0.25) is 4.79 Å². The Balaban J connectivity index is 1.43. The van der Waals surface area contributed by atoms with Crippen LogP contribution in [0.2, 0.25) is 0 Å². The second-order valence-electron chi connectivity index (χ2n) is 7.23. The number of piperidine rings is 1. The monoisotopic (exact) mass is 346 g/mol. The molecule has 1 amide bonds. The first kappa shape index (κ1) is 18.4. The molecule has 25 heavy (non-hydrogen) atoms. The van der Waals surface area contributed by atoms with Crippen molar-refractivity contribution in [3.05, 3.63) is 35.4 Å². The van der Waals surface area contributed by atoms with Crippen LogP contribution in [0.4, 0.5) is 0 Å². The highest BCUT2D eigenvalue weighted by Crippen LogP contribution is 2.21. The summed E-state index contributed by atoms with van der Waals surface area (Å²) in [4.78, 5) is 14.5. The molecule has 0 aromatic heterocycles. The van der Waals surface area contributed by atoms with Gasteiger partial charge in [0.25, 0.3) is 0 Å². The third kappa shape index (κ3) is 5.03. The minimum Gasteiger partial charge on any atom is -0.376 e. The van der Waals surface area contributed by atoms with E-state index < -0.39 is 6.04 Å². The third-order valence-corrected chi connectivity index (χ3v) is 5.25. The summed E-state index contributed by atoms with van der Waals surface area (Å²) < 4.78 is 11.7. The lowest BCUT2D eigenvalue weighted by molar-refractivity contribution is -0.136. The van der Waals surface area contributed by atoms with Gasteiger partial charge >= 0.3 is 0 Å². The fraction of sp³-hybridized carbons (Fsp3) is 0.650. The van der Waals surface area contributed by atoms with Gasteiger partial charge in [0.15, 0.2) is 0 Å². The summed E-state index contributed by atoms with van der Waals surface area (Å²) in [5.74, 6) is 0.0120. The number of amides is 1. The average Bonchev–Trinajstić information content (AvgIpc) is 2.67. The Labute approximate surface area is 150 Å². The second kappa shape index (κ2) is 8.79. The first-order valence-corrected chi connectivity index (χ1v) is 9.47. The van der Waals surface area contributed by atoms with Gasteiger partial charge in [-0.1, -0.05) is 29.8 Å². The fourth-order valence-corrected chi connectivity index (χ4v) is 3.54. The Bertz CT molecular complexity index is 547. The minimum atomic E-state index is -0.575. The summed E-state index contributed by atoms with van der Waals surface area (Å²) in [6.45, 7) is 5.00. The molecule has 2 saturated heterocycles. The van der Waals surface area contributed by atoms with Crippen molar-refractivity contribution in [3.8, 4) is 0 Å². The quantitative estimate of drug-likeness (QED) is 0.890. The molecule has 2 N–H and O–H groups in total. The summed E-state index contributed by atoms with van der Waals surface area (Å²) in [6.07, 6.45) is 5.73. The zero-order valence-corrected chi connectivity index (χ0v) is 15.2. The van der Waals surface area contributed by atoms with Crippen LogP contribution in [0.5, 0.6) is 0 Å². The minimum absolute atomic E-state index is 0.0120. The van der Waals surface area contributed by atoms with Crippen LogP contribution in [0.25, 0.3) is 0 Å². The van der Waals surface area contributed by atoms with Crippen molar-refractivity contribution < 1.29 is 14.3 Å². The molecule has 2 fully saturated rings. The Hall–Kier alpha value is -1.43. The van der Waals surface area contributed by atoms with E-state index in [1.165, 1.54) is 12.0 Å². The SMILES string of the molecule is Cc1ccc(C(N)C(=O)N2CCC(OCC3CCCCO3)CC2)cc1. The van der Waals surface area contributed by atoms with Gasteiger partial charge in [-0.25, -0.2) is 0 Å². The first-order chi connectivity index (χ1) is 12.1. The Morgan fingerprint density at radius 1 is 1.24 bits per heavy atom. The number of hydrogen-bond acceptors (Lipinski definition) is 4. The van der Waals surface area contributed by atoms with E-state index in [-0.39, 0.29) is 18.1 Å². The molecular weight excluding hydrogens is 316 g/mol. The topological polar surface area (TPSA) is 64.8 Å². The molecule has 0 saturated carbocycles. The van der Waals surface area contributed by atoms with E-state index in [1.54, 1.807) is 0 Å². The Morgan fingerprint density at radius 2 is 1.96 bits per heavy atom. The second-order valence-corrected chi connectivity index (χ2v) is 7.23. The lowest BCUT2D eigenvalue weighted by Crippen LogP contribution is -2.45. The van der Waals surface area contributed by atoms with Crippen LogP contribution in [0, 0.1) is 6.92 Å². The molecule has 2 aliphatic heterocycles. The van der Waals surface area contributed by atoms with Gasteiger partial charge in [-0.05, 0) is 44.6 Å². The summed E-state index contributed by atoms with van der Waals surface area (Å²) in [6, 6.07) is 7.30. The van der Waals surface area contributed by atoms with Gasteiger partial charge in [-0.15, -0.1) is 0 Å². The van der Waals surface area contributed by atoms with E-state index >= 15 is 0 Å². The summed E-state index contributed by atoms with van der Waals surface area (Å²) in [5, 5.41) is 0. The van der Waals surface area contributed by atoms with Crippen LogP contribution in [-0.4, -0.2) is 49.3 Å². The molecule has 5 nitrogen and oxygen atoms in total. The molecule has 2 atom stereocenters. The van der Waals surface area contributed by atoms with Crippen molar-refractivity contribution in [1.29, 1.82) is 0 Å². The summed E-state index contributed by atoms with van der Waals surface area (Å²) >= 11 is 0. The van der Waals surface area contributed by atoms with Crippen LogP contribution in [-0.2, 0) is 14.3 Å². The van der Waals surface area contributed by atoms with Gasteiger partial charge in [-0.2, -0.15) is 0 Å². The van der Waals surface area contributed by atoms with E-state index in [9.17, 15) is 4.79 Å². The van der Waals surface area contributed by atoms with E-state index in [4.69, 9.17) is 15.2 Å². The van der Waals surface area contributed by atoms with Crippen LogP contribution in [0.3, 0.4) is 0 Å². The zero-order chi connectivity index (χ0) is 17.6. The van der Waals surface area contributed by atoms with Gasteiger partial charge < -0.3 is 20.1 Å². The zero-order valence-electron chi connectivity index (χ0n) is 15.2. The lowest BCUT2D eigenvalue weighted by atomic mass is 10.0. The van der Waals surface area contributed by atoms with Crippen molar-refractivity contribution in [2.75, 3.05) is 26.3 Å². The molecule has 5 heteroatoms. The van der Waals surface area contributed by atoms with Crippen LogP contribution in [0.1, 0.15) is 49.3 Å². The highest BCUT2D eigenvalue weighted by atomic mass is 16.5. The van der Waals surface area contributed by atoms with Crippen molar-refractivity contribution >= 4 is 5.91 Å². The van der Waals surface area contributed by atoms with E-state index in [0.717, 1.165) is 37.9 Å². The number of hydrogen-bond donors (Lipinski definition) is 1. The number of ether oxygens (including phenoxy) is 2. The van der Waals surface area contributed by atoms with Gasteiger partial charge in [0, 0.05) is 19.7 Å². The highest BCUT2D eigenvalue weighted by Gasteiger charge is 2.28. The smallest absolute Gasteiger partial charge is 0.244 e. The molecule has 0 aliphatic carbocycles. The molecule has 2 unspecified atom stereocenters. The van der Waals surface area contributed by atoms with Crippen molar-refractivity contribution in [2.45, 2.75) is 57.3 Å². The first-order valence-electron chi connectivity index (χ1n) is 9.47. The standard InChI is InChI=1S/C20H30N2O3/c1-15-5-7-16(8-6-15)19(21)20(23)22-11-9-17(10-12-22)25-14-18-4-2-3-13-24-18/h5-8,17-19H,2-4,9-14,21H2,1H3. The van der Waals surface area contributed by atoms with E-state index in [0.29, 0.717) is 19.7 Å². The van der Waals surface area contributed by atoms with Gasteiger partial charge in [0.2, 0.25) is 5.91 Å². The number of carbonyl (C=O) groups is 1. The number of benzene rings is 1. The molecular formula is C20H30N2O3. The van der Waals surface area contributed by atoms with Crippen LogP contribution in [0.15, 0.2) is 24.3 Å². The summed E-state index contributed by atoms with van der Waals surface area (Å²) in [5.41, 5.74) is 8.22. The number of likely N-dealkylation sites (tertiary alicyclic amines) is 1. The molecule has 0 bridgehead atoms. The molecule has 2 heterocycles. The number of aryl methyl sites for hydroxylation is 1. The lowest BCUT2D eigenvalue weighted by Gasteiger charge is -2.34. The van der Waals surface area contributed by atoms with E-state index in [2.05, 4.69) is 0 Å². The summed E-state index contributed by atoms with van der Waals surface area (Å²) in [7, 11) is 0. The normalized spacial score (nSPS) is 23.4. The molecule has 3 rings (SSSR count). The molecule has 0 spiro atoms. The third-order valence-electron chi connectivity index (χ3n) is 5.25. The van der Waals surface area contributed by atoms with Crippen molar-refractivity contribution in [1.82, 2.24) is 4.90 Å². The maximum Gasteiger partial charge on any atom is 0.244 e. The van der Waals surface area contributed by atoms with Gasteiger partial charge in [0.05, 0.1) is 18.8 Å². The average molecular weight is 346 g/mol. The Morgan fingerprint density at radius 3 is 2.60 bits per heavy atom. The van der Waals surface area contributed by atoms with E-state index in [1.807, 2.05) is 36.1 Å².